The molecule has 1 aromatic carbocycles. The molecule has 0 heterocycles. The highest BCUT2D eigenvalue weighted by Crippen LogP contribution is 2.33. The standard InChI is InChI=1S/C19H27NO4/c1-13-9-11-19(12-10-13,18(22)24-4)20-17(21)14(2)15-5-7-16(23-3)8-6-15/h5-8,13-14H,9-12H2,1-4H3,(H,20,21). The first-order chi connectivity index (χ1) is 11.4. The van der Waals surface area contributed by atoms with Crippen molar-refractivity contribution < 1.29 is 19.1 Å². The summed E-state index contributed by atoms with van der Waals surface area (Å²) in [5.41, 5.74) is -0.00324. The highest BCUT2D eigenvalue weighted by molar-refractivity contribution is 5.91. The van der Waals surface area contributed by atoms with Crippen molar-refractivity contribution in [3.63, 3.8) is 0 Å². The SMILES string of the molecule is COC(=O)C1(NC(=O)C(C)c2ccc(OC)cc2)CCC(C)CC1. The third kappa shape index (κ3) is 3.89. The van der Waals surface area contributed by atoms with E-state index in [1.807, 2.05) is 31.2 Å². The number of esters is 1. The Morgan fingerprint density at radius 1 is 1.17 bits per heavy atom. The molecule has 0 spiro atoms. The fourth-order valence-corrected chi connectivity index (χ4v) is 3.22. The molecule has 1 aliphatic carbocycles. The molecule has 1 fully saturated rings. The van der Waals surface area contributed by atoms with Gasteiger partial charge in [-0.3, -0.25) is 4.79 Å². The largest absolute Gasteiger partial charge is 0.497 e. The van der Waals surface area contributed by atoms with Crippen molar-refractivity contribution >= 4 is 11.9 Å². The van der Waals surface area contributed by atoms with Gasteiger partial charge in [-0.05, 0) is 56.2 Å². The first-order valence-corrected chi connectivity index (χ1v) is 8.46. The third-order valence-corrected chi connectivity index (χ3v) is 5.08. The molecule has 1 saturated carbocycles. The van der Waals surface area contributed by atoms with Crippen LogP contribution in [0.2, 0.25) is 0 Å². The average Bonchev–Trinajstić information content (AvgIpc) is 2.62. The smallest absolute Gasteiger partial charge is 0.331 e. The van der Waals surface area contributed by atoms with Crippen molar-refractivity contribution in [2.24, 2.45) is 5.92 Å². The summed E-state index contributed by atoms with van der Waals surface area (Å²) >= 11 is 0. The molecule has 0 radical (unpaired) electrons. The highest BCUT2D eigenvalue weighted by Gasteiger charge is 2.44. The molecule has 24 heavy (non-hydrogen) atoms. The van der Waals surface area contributed by atoms with E-state index in [-0.39, 0.29) is 17.8 Å². The number of benzene rings is 1. The van der Waals surface area contributed by atoms with Crippen LogP contribution in [0.15, 0.2) is 24.3 Å². The lowest BCUT2D eigenvalue weighted by molar-refractivity contribution is -0.153. The fourth-order valence-electron chi connectivity index (χ4n) is 3.22. The van der Waals surface area contributed by atoms with Crippen LogP contribution in [0.1, 0.15) is 51.0 Å². The van der Waals surface area contributed by atoms with Crippen molar-refractivity contribution in [2.45, 2.75) is 51.0 Å². The second kappa shape index (κ2) is 7.69. The van der Waals surface area contributed by atoms with Crippen LogP contribution in [0.5, 0.6) is 5.75 Å². The summed E-state index contributed by atoms with van der Waals surface area (Å²) < 4.78 is 10.1. The normalized spacial score (nSPS) is 24.8. The van der Waals surface area contributed by atoms with Gasteiger partial charge in [0.15, 0.2) is 0 Å². The number of amides is 1. The lowest BCUT2D eigenvalue weighted by Gasteiger charge is -2.38. The lowest BCUT2D eigenvalue weighted by atomic mass is 9.76. The van der Waals surface area contributed by atoms with E-state index in [9.17, 15) is 9.59 Å². The van der Waals surface area contributed by atoms with Gasteiger partial charge in [0.05, 0.1) is 20.1 Å². The van der Waals surface area contributed by atoms with Gasteiger partial charge < -0.3 is 14.8 Å². The molecule has 0 saturated heterocycles. The van der Waals surface area contributed by atoms with Crippen LogP contribution in [0.4, 0.5) is 0 Å². The summed E-state index contributed by atoms with van der Waals surface area (Å²) in [5, 5.41) is 2.99. The van der Waals surface area contributed by atoms with E-state index < -0.39 is 5.54 Å². The van der Waals surface area contributed by atoms with Crippen molar-refractivity contribution in [3.8, 4) is 5.75 Å². The van der Waals surface area contributed by atoms with Crippen LogP contribution in [0, 0.1) is 5.92 Å². The third-order valence-electron chi connectivity index (χ3n) is 5.08. The number of carbonyl (C=O) groups excluding carboxylic acids is 2. The summed E-state index contributed by atoms with van der Waals surface area (Å²) in [7, 11) is 2.98. The Bertz CT molecular complexity index is 574. The molecule has 132 valence electrons. The van der Waals surface area contributed by atoms with Crippen LogP contribution in [0.25, 0.3) is 0 Å². The van der Waals surface area contributed by atoms with Crippen molar-refractivity contribution in [1.82, 2.24) is 5.32 Å². The van der Waals surface area contributed by atoms with E-state index in [1.165, 1.54) is 7.11 Å². The van der Waals surface area contributed by atoms with Gasteiger partial charge in [-0.2, -0.15) is 0 Å². The summed E-state index contributed by atoms with van der Waals surface area (Å²) in [6, 6.07) is 7.41. The van der Waals surface area contributed by atoms with Gasteiger partial charge in [-0.15, -0.1) is 0 Å². The molecule has 5 heteroatoms. The topological polar surface area (TPSA) is 64.6 Å². The molecule has 0 aromatic heterocycles. The maximum atomic E-state index is 12.7. The van der Waals surface area contributed by atoms with E-state index >= 15 is 0 Å². The number of hydrogen-bond acceptors (Lipinski definition) is 4. The zero-order valence-electron chi connectivity index (χ0n) is 14.9. The molecule has 2 rings (SSSR count). The van der Waals surface area contributed by atoms with Gasteiger partial charge in [0.1, 0.15) is 11.3 Å². The predicted molar refractivity (Wildman–Crippen MR) is 91.9 cm³/mol. The first-order valence-electron chi connectivity index (χ1n) is 8.46. The molecule has 0 bridgehead atoms. The molecule has 1 atom stereocenters. The van der Waals surface area contributed by atoms with Crippen LogP contribution in [-0.2, 0) is 14.3 Å². The van der Waals surface area contributed by atoms with Gasteiger partial charge >= 0.3 is 5.97 Å². The van der Waals surface area contributed by atoms with E-state index in [0.717, 1.165) is 24.2 Å². The monoisotopic (exact) mass is 333 g/mol. The van der Waals surface area contributed by atoms with Crippen LogP contribution < -0.4 is 10.1 Å². The van der Waals surface area contributed by atoms with Gasteiger partial charge in [0.25, 0.3) is 0 Å². The Labute approximate surface area is 143 Å². The number of hydrogen-bond donors (Lipinski definition) is 1. The summed E-state index contributed by atoms with van der Waals surface area (Å²) in [5.74, 6) is 0.471. The Morgan fingerprint density at radius 3 is 2.25 bits per heavy atom. The minimum Gasteiger partial charge on any atom is -0.497 e. The first kappa shape index (κ1) is 18.3. The molecule has 1 amide bonds. The molecular weight excluding hydrogens is 306 g/mol. The molecule has 1 aliphatic rings. The van der Waals surface area contributed by atoms with E-state index in [1.54, 1.807) is 7.11 Å². The Hall–Kier alpha value is -2.04. The zero-order valence-corrected chi connectivity index (χ0v) is 14.9. The zero-order chi connectivity index (χ0) is 17.7. The highest BCUT2D eigenvalue weighted by atomic mass is 16.5. The number of nitrogens with one attached hydrogen (secondary N) is 1. The number of ether oxygens (including phenoxy) is 2. The molecular formula is C19H27NO4. The van der Waals surface area contributed by atoms with E-state index in [0.29, 0.717) is 18.8 Å². The summed E-state index contributed by atoms with van der Waals surface area (Å²) in [6.07, 6.45) is 3.07. The molecule has 1 unspecified atom stereocenters. The number of rotatable bonds is 5. The van der Waals surface area contributed by atoms with Gasteiger partial charge in [0.2, 0.25) is 5.91 Å². The van der Waals surface area contributed by atoms with Gasteiger partial charge in [-0.25, -0.2) is 4.79 Å². The average molecular weight is 333 g/mol. The number of carbonyl (C=O) groups is 2. The predicted octanol–water partition coefficient (Wildman–Crippen LogP) is 3.04. The van der Waals surface area contributed by atoms with Gasteiger partial charge in [-0.1, -0.05) is 19.1 Å². The Balaban J connectivity index is 2.13. The molecule has 5 nitrogen and oxygen atoms in total. The van der Waals surface area contributed by atoms with Crippen LogP contribution >= 0.6 is 0 Å². The van der Waals surface area contributed by atoms with Crippen molar-refractivity contribution in [2.75, 3.05) is 14.2 Å². The van der Waals surface area contributed by atoms with Crippen molar-refractivity contribution in [1.29, 1.82) is 0 Å². The van der Waals surface area contributed by atoms with Gasteiger partial charge in [0, 0.05) is 0 Å². The molecule has 1 N–H and O–H groups in total. The minimum absolute atomic E-state index is 0.153. The lowest BCUT2D eigenvalue weighted by Crippen LogP contribution is -2.57. The quantitative estimate of drug-likeness (QED) is 0.841. The maximum absolute atomic E-state index is 12.7. The Morgan fingerprint density at radius 2 is 1.75 bits per heavy atom. The Kier molecular flexibility index (Phi) is 5.86. The molecule has 1 aromatic rings. The van der Waals surface area contributed by atoms with E-state index in [2.05, 4.69) is 12.2 Å². The maximum Gasteiger partial charge on any atom is 0.331 e. The minimum atomic E-state index is -0.890. The summed E-state index contributed by atoms with van der Waals surface area (Å²) in [6.45, 7) is 4.01. The number of methoxy groups -OCH3 is 2. The van der Waals surface area contributed by atoms with Crippen LogP contribution in [0.3, 0.4) is 0 Å². The van der Waals surface area contributed by atoms with E-state index in [4.69, 9.17) is 9.47 Å². The van der Waals surface area contributed by atoms with Crippen molar-refractivity contribution in [3.05, 3.63) is 29.8 Å². The summed E-state index contributed by atoms with van der Waals surface area (Å²) in [4.78, 5) is 25.0. The van der Waals surface area contributed by atoms with Crippen LogP contribution in [-0.4, -0.2) is 31.6 Å². The second-order valence-corrected chi connectivity index (χ2v) is 6.74. The fraction of sp³-hybridized carbons (Fsp3) is 0.579. The molecule has 0 aliphatic heterocycles. The second-order valence-electron chi connectivity index (χ2n) is 6.74.